The highest BCUT2D eigenvalue weighted by molar-refractivity contribution is 5.86. The average Bonchev–Trinajstić information content (AvgIpc) is 3.04. The summed E-state index contributed by atoms with van der Waals surface area (Å²) in [6, 6.07) is 0. The van der Waals surface area contributed by atoms with Gasteiger partial charge in [0.15, 0.2) is 5.65 Å². The molecule has 19 heavy (non-hydrogen) atoms. The summed E-state index contributed by atoms with van der Waals surface area (Å²) < 4.78 is 0. The second-order valence-electron chi connectivity index (χ2n) is 4.89. The molecule has 0 amide bonds. The summed E-state index contributed by atoms with van der Waals surface area (Å²) in [4.78, 5) is 8.45. The molecule has 2 aromatic rings. The van der Waals surface area contributed by atoms with E-state index in [-0.39, 0.29) is 6.10 Å². The Kier molecular flexibility index (Phi) is 3.18. The van der Waals surface area contributed by atoms with Crippen molar-refractivity contribution in [1.82, 2.24) is 20.2 Å². The van der Waals surface area contributed by atoms with E-state index in [2.05, 4.69) is 30.9 Å². The van der Waals surface area contributed by atoms with Gasteiger partial charge in [0.2, 0.25) is 5.95 Å². The molecule has 0 aliphatic heterocycles. The van der Waals surface area contributed by atoms with E-state index >= 15 is 0 Å². The molecular formula is C11H17N7O. The number of anilines is 2. The van der Waals surface area contributed by atoms with E-state index in [0.717, 1.165) is 31.2 Å². The van der Waals surface area contributed by atoms with Crippen LogP contribution >= 0.6 is 0 Å². The molecule has 2 aromatic heterocycles. The number of aliphatic hydroxyl groups excluding tert-OH is 1. The first-order chi connectivity index (χ1) is 9.26. The summed E-state index contributed by atoms with van der Waals surface area (Å²) in [6.07, 6.45) is 4.28. The highest BCUT2D eigenvalue weighted by Gasteiger charge is 2.22. The highest BCUT2D eigenvalue weighted by atomic mass is 16.3. The van der Waals surface area contributed by atoms with Gasteiger partial charge in [0.1, 0.15) is 5.82 Å². The molecular weight excluding hydrogens is 246 g/mol. The Morgan fingerprint density at radius 2 is 2.32 bits per heavy atom. The van der Waals surface area contributed by atoms with Crippen molar-refractivity contribution in [2.45, 2.75) is 25.4 Å². The van der Waals surface area contributed by atoms with Crippen LogP contribution in [0.15, 0.2) is 6.20 Å². The van der Waals surface area contributed by atoms with E-state index in [0.29, 0.717) is 23.3 Å². The molecule has 6 N–H and O–H groups in total. The number of aromatic amines is 1. The van der Waals surface area contributed by atoms with E-state index in [4.69, 9.17) is 5.84 Å². The summed E-state index contributed by atoms with van der Waals surface area (Å²) >= 11 is 0. The molecule has 0 bridgehead atoms. The molecule has 0 spiro atoms. The number of aromatic nitrogens is 4. The summed E-state index contributed by atoms with van der Waals surface area (Å²) in [6.45, 7) is 0.776. The lowest BCUT2D eigenvalue weighted by molar-refractivity contribution is 0.178. The van der Waals surface area contributed by atoms with Gasteiger partial charge in [0, 0.05) is 6.54 Å². The third-order valence-electron chi connectivity index (χ3n) is 3.51. The molecule has 0 saturated heterocycles. The standard InChI is InChI=1S/C11H17N7O/c12-17-11-15-9(8-5-14-18-10(8)16-11)13-4-6-1-2-7(19)3-6/h5-7,19H,1-4,12H2,(H3,13,14,15,16,17,18). The molecule has 1 aliphatic carbocycles. The van der Waals surface area contributed by atoms with Crippen molar-refractivity contribution >= 4 is 22.8 Å². The molecule has 1 aliphatic rings. The topological polar surface area (TPSA) is 125 Å². The van der Waals surface area contributed by atoms with Gasteiger partial charge in [-0.3, -0.25) is 10.5 Å². The number of nitrogens with two attached hydrogens (primary N) is 1. The zero-order valence-corrected chi connectivity index (χ0v) is 10.4. The Labute approximate surface area is 109 Å². The van der Waals surface area contributed by atoms with E-state index < -0.39 is 0 Å². The Morgan fingerprint density at radius 3 is 3.05 bits per heavy atom. The van der Waals surface area contributed by atoms with Gasteiger partial charge < -0.3 is 10.4 Å². The third kappa shape index (κ3) is 2.45. The zero-order chi connectivity index (χ0) is 13.2. The van der Waals surface area contributed by atoms with Gasteiger partial charge in [0.25, 0.3) is 0 Å². The molecule has 102 valence electrons. The molecule has 0 radical (unpaired) electrons. The SMILES string of the molecule is NNc1nc(NCC2CCC(O)C2)c2cn[nH]c2n1. The fourth-order valence-corrected chi connectivity index (χ4v) is 2.51. The van der Waals surface area contributed by atoms with Crippen LogP contribution < -0.4 is 16.6 Å². The van der Waals surface area contributed by atoms with Gasteiger partial charge in [-0.15, -0.1) is 0 Å². The normalized spacial score (nSPS) is 22.8. The molecule has 1 fully saturated rings. The van der Waals surface area contributed by atoms with E-state index in [1.54, 1.807) is 6.20 Å². The average molecular weight is 263 g/mol. The van der Waals surface area contributed by atoms with Crippen LogP contribution in [-0.2, 0) is 0 Å². The smallest absolute Gasteiger partial charge is 0.241 e. The lowest BCUT2D eigenvalue weighted by atomic mass is 10.1. The number of fused-ring (bicyclic) bond motifs is 1. The quantitative estimate of drug-likeness (QED) is 0.394. The minimum atomic E-state index is -0.160. The molecule has 1 saturated carbocycles. The van der Waals surface area contributed by atoms with Gasteiger partial charge in [-0.2, -0.15) is 15.1 Å². The fraction of sp³-hybridized carbons (Fsp3) is 0.545. The van der Waals surface area contributed by atoms with Crippen molar-refractivity contribution in [1.29, 1.82) is 0 Å². The summed E-state index contributed by atoms with van der Waals surface area (Å²) in [5, 5.41) is 20.4. The van der Waals surface area contributed by atoms with Crippen molar-refractivity contribution in [3.63, 3.8) is 0 Å². The Morgan fingerprint density at radius 1 is 1.42 bits per heavy atom. The highest BCUT2D eigenvalue weighted by Crippen LogP contribution is 2.26. The van der Waals surface area contributed by atoms with Crippen LogP contribution in [0.3, 0.4) is 0 Å². The number of H-pyrrole nitrogens is 1. The second kappa shape index (κ2) is 4.98. The zero-order valence-electron chi connectivity index (χ0n) is 10.4. The third-order valence-corrected chi connectivity index (χ3v) is 3.51. The molecule has 8 heteroatoms. The van der Waals surface area contributed by atoms with E-state index in [1.165, 1.54) is 0 Å². The number of hydrogen-bond donors (Lipinski definition) is 5. The number of rotatable bonds is 4. The van der Waals surface area contributed by atoms with E-state index in [1.807, 2.05) is 0 Å². The molecule has 8 nitrogen and oxygen atoms in total. The summed E-state index contributed by atoms with van der Waals surface area (Å²) in [7, 11) is 0. The number of hydrazine groups is 1. The molecule has 2 unspecified atom stereocenters. The minimum absolute atomic E-state index is 0.160. The van der Waals surface area contributed by atoms with Gasteiger partial charge in [-0.05, 0) is 25.2 Å². The van der Waals surface area contributed by atoms with Crippen LogP contribution in [0.2, 0.25) is 0 Å². The predicted octanol–water partition coefficient (Wildman–Crippen LogP) is 0.211. The van der Waals surface area contributed by atoms with Crippen LogP contribution in [0, 0.1) is 5.92 Å². The second-order valence-corrected chi connectivity index (χ2v) is 4.89. The van der Waals surface area contributed by atoms with Gasteiger partial charge >= 0.3 is 0 Å². The molecule has 2 atom stereocenters. The lowest BCUT2D eigenvalue weighted by Crippen LogP contribution is -2.16. The number of nitrogens with one attached hydrogen (secondary N) is 3. The van der Waals surface area contributed by atoms with Crippen LogP contribution in [0.5, 0.6) is 0 Å². The molecule has 0 aromatic carbocycles. The summed E-state index contributed by atoms with van der Waals surface area (Å²) in [5.74, 6) is 6.86. The van der Waals surface area contributed by atoms with Crippen molar-refractivity contribution in [3.8, 4) is 0 Å². The maximum absolute atomic E-state index is 9.52. The molecule has 3 rings (SSSR count). The minimum Gasteiger partial charge on any atom is -0.393 e. The first kappa shape index (κ1) is 12.1. The molecule has 2 heterocycles. The Hall–Kier alpha value is -1.93. The number of nitrogen functional groups attached to an aromatic ring is 1. The maximum Gasteiger partial charge on any atom is 0.241 e. The fourth-order valence-electron chi connectivity index (χ4n) is 2.51. The van der Waals surface area contributed by atoms with Crippen LogP contribution in [0.25, 0.3) is 11.0 Å². The van der Waals surface area contributed by atoms with Crippen LogP contribution in [0.4, 0.5) is 11.8 Å². The largest absolute Gasteiger partial charge is 0.393 e. The number of aliphatic hydroxyl groups is 1. The first-order valence-electron chi connectivity index (χ1n) is 6.36. The monoisotopic (exact) mass is 263 g/mol. The van der Waals surface area contributed by atoms with Crippen molar-refractivity contribution in [3.05, 3.63) is 6.20 Å². The van der Waals surface area contributed by atoms with Crippen LogP contribution in [0.1, 0.15) is 19.3 Å². The number of nitrogens with zero attached hydrogens (tertiary/aromatic N) is 3. The van der Waals surface area contributed by atoms with Crippen molar-refractivity contribution in [2.24, 2.45) is 11.8 Å². The first-order valence-corrected chi connectivity index (χ1v) is 6.36. The van der Waals surface area contributed by atoms with Crippen LogP contribution in [-0.4, -0.2) is 37.9 Å². The van der Waals surface area contributed by atoms with Gasteiger partial charge in [0.05, 0.1) is 17.7 Å². The van der Waals surface area contributed by atoms with Gasteiger partial charge in [-0.1, -0.05) is 0 Å². The Bertz CT molecular complexity index is 569. The van der Waals surface area contributed by atoms with Crippen molar-refractivity contribution in [2.75, 3.05) is 17.3 Å². The Balaban J connectivity index is 1.77. The van der Waals surface area contributed by atoms with Gasteiger partial charge in [-0.25, -0.2) is 5.84 Å². The maximum atomic E-state index is 9.52. The number of hydrogen-bond acceptors (Lipinski definition) is 7. The summed E-state index contributed by atoms with van der Waals surface area (Å²) in [5.41, 5.74) is 3.07. The predicted molar refractivity (Wildman–Crippen MR) is 71.3 cm³/mol. The van der Waals surface area contributed by atoms with E-state index in [9.17, 15) is 5.11 Å². The van der Waals surface area contributed by atoms with Crippen molar-refractivity contribution < 1.29 is 5.11 Å². The lowest BCUT2D eigenvalue weighted by Gasteiger charge is -2.12.